The predicted octanol–water partition coefficient (Wildman–Crippen LogP) is 5.55. The third kappa shape index (κ3) is 8.01. The highest BCUT2D eigenvalue weighted by Gasteiger charge is 2.42. The SMILES string of the molecule is CNC[C@H](CC(C)C)NC(=O)N1CCC[C@@H]([C@@](O)(CCCCOC)c2ccccc2-c2ccc(F)cc2)C1. The molecule has 1 heterocycles. The Bertz CT molecular complexity index is 1000. The largest absolute Gasteiger partial charge is 0.385 e. The maximum Gasteiger partial charge on any atom is 0.317 e. The van der Waals surface area contributed by atoms with Gasteiger partial charge in [-0.15, -0.1) is 0 Å². The molecule has 2 aromatic rings. The summed E-state index contributed by atoms with van der Waals surface area (Å²) in [7, 11) is 3.59. The molecule has 0 unspecified atom stereocenters. The number of likely N-dealkylation sites (N-methyl/N-ethyl adjacent to an activating group) is 1. The highest BCUT2D eigenvalue weighted by atomic mass is 19.1. The van der Waals surface area contributed by atoms with Crippen LogP contribution in [0.3, 0.4) is 0 Å². The lowest BCUT2D eigenvalue weighted by Gasteiger charge is -2.44. The van der Waals surface area contributed by atoms with Crippen molar-refractivity contribution in [3.05, 3.63) is 59.9 Å². The summed E-state index contributed by atoms with van der Waals surface area (Å²) in [6.45, 7) is 6.84. The summed E-state index contributed by atoms with van der Waals surface area (Å²) in [4.78, 5) is 15.2. The van der Waals surface area contributed by atoms with E-state index < -0.39 is 5.60 Å². The Hall–Kier alpha value is -2.48. The van der Waals surface area contributed by atoms with E-state index in [0.29, 0.717) is 32.0 Å². The zero-order valence-electron chi connectivity index (χ0n) is 23.5. The Balaban J connectivity index is 1.89. The second-order valence-corrected chi connectivity index (χ2v) is 11.0. The van der Waals surface area contributed by atoms with E-state index in [-0.39, 0.29) is 23.8 Å². The van der Waals surface area contributed by atoms with Gasteiger partial charge in [-0.3, -0.25) is 0 Å². The number of nitrogens with zero attached hydrogens (tertiary/aromatic N) is 1. The molecule has 38 heavy (non-hydrogen) atoms. The number of benzene rings is 2. The summed E-state index contributed by atoms with van der Waals surface area (Å²) in [5.74, 6) is 0.0611. The first kappa shape index (κ1) is 30.1. The van der Waals surface area contributed by atoms with E-state index in [1.54, 1.807) is 19.2 Å². The van der Waals surface area contributed by atoms with Gasteiger partial charge in [0.15, 0.2) is 0 Å². The molecule has 0 saturated carbocycles. The molecule has 1 saturated heterocycles. The van der Waals surface area contributed by atoms with Gasteiger partial charge >= 0.3 is 6.03 Å². The minimum Gasteiger partial charge on any atom is -0.385 e. The topological polar surface area (TPSA) is 73.8 Å². The van der Waals surface area contributed by atoms with Crippen molar-refractivity contribution in [2.45, 2.75) is 64.0 Å². The molecule has 3 atom stereocenters. The molecule has 2 aromatic carbocycles. The number of nitrogens with one attached hydrogen (secondary N) is 2. The lowest BCUT2D eigenvalue weighted by Crippen LogP contribution is -2.54. The number of hydrogen-bond donors (Lipinski definition) is 3. The number of unbranched alkanes of at least 4 members (excludes halogenated alkanes) is 1. The third-order valence-electron chi connectivity index (χ3n) is 7.62. The highest BCUT2D eigenvalue weighted by molar-refractivity contribution is 5.75. The number of methoxy groups -OCH3 is 1. The molecule has 7 heteroatoms. The zero-order valence-corrected chi connectivity index (χ0v) is 23.5. The number of hydrogen-bond acceptors (Lipinski definition) is 4. The second kappa shape index (κ2) is 14.6. The van der Waals surface area contributed by atoms with Gasteiger partial charge in [0.25, 0.3) is 0 Å². The Morgan fingerprint density at radius 1 is 1.18 bits per heavy atom. The van der Waals surface area contributed by atoms with Crippen LogP contribution in [-0.2, 0) is 10.3 Å². The number of halogens is 1. The van der Waals surface area contributed by atoms with Gasteiger partial charge in [-0.2, -0.15) is 0 Å². The number of rotatable bonds is 13. The standard InChI is InChI=1S/C31H46FN3O3/c1-23(2)20-27(21-33-3)34-30(36)35-18-9-10-25(22-35)31(37,17-7-8-19-38-4)29-12-6-5-11-28(29)24-13-15-26(32)16-14-24/h5-6,11-16,23,25,27,33,37H,7-10,17-22H2,1-4H3,(H,34,36)/t25-,27+,31+/m1/s1. The molecular weight excluding hydrogens is 481 g/mol. The molecular formula is C31H46FN3O3. The molecule has 3 rings (SSSR count). The van der Waals surface area contributed by atoms with E-state index in [2.05, 4.69) is 24.5 Å². The van der Waals surface area contributed by atoms with Crippen LogP contribution in [-0.4, -0.2) is 62.5 Å². The first-order valence-corrected chi connectivity index (χ1v) is 14.0. The molecule has 210 valence electrons. The van der Waals surface area contributed by atoms with Gasteiger partial charge < -0.3 is 25.4 Å². The number of aliphatic hydroxyl groups is 1. The lowest BCUT2D eigenvalue weighted by molar-refractivity contribution is -0.0559. The molecule has 0 aliphatic carbocycles. The average Bonchev–Trinajstić information content (AvgIpc) is 2.91. The monoisotopic (exact) mass is 527 g/mol. The molecule has 1 aliphatic heterocycles. The Morgan fingerprint density at radius 2 is 1.92 bits per heavy atom. The fourth-order valence-electron chi connectivity index (χ4n) is 5.77. The van der Waals surface area contributed by atoms with Crippen LogP contribution in [0.25, 0.3) is 11.1 Å². The lowest BCUT2D eigenvalue weighted by atomic mass is 9.72. The Kier molecular flexibility index (Phi) is 11.6. The van der Waals surface area contributed by atoms with E-state index in [4.69, 9.17) is 4.74 Å². The summed E-state index contributed by atoms with van der Waals surface area (Å²) in [5, 5.41) is 18.9. The summed E-state index contributed by atoms with van der Waals surface area (Å²) in [6, 6.07) is 14.3. The van der Waals surface area contributed by atoms with E-state index in [1.165, 1.54) is 12.1 Å². The molecule has 2 amide bonds. The highest BCUT2D eigenvalue weighted by Crippen LogP contribution is 2.43. The fraction of sp³-hybridized carbons (Fsp3) is 0.581. The number of urea groups is 1. The average molecular weight is 528 g/mol. The summed E-state index contributed by atoms with van der Waals surface area (Å²) >= 11 is 0. The van der Waals surface area contributed by atoms with Crippen LogP contribution in [0, 0.1) is 17.7 Å². The summed E-state index contributed by atoms with van der Waals surface area (Å²) < 4.78 is 18.9. The van der Waals surface area contributed by atoms with Crippen molar-refractivity contribution in [3.63, 3.8) is 0 Å². The van der Waals surface area contributed by atoms with Crippen LogP contribution in [0.15, 0.2) is 48.5 Å². The molecule has 1 fully saturated rings. The minimum absolute atomic E-state index is 0.0556. The van der Waals surface area contributed by atoms with Crippen LogP contribution < -0.4 is 10.6 Å². The molecule has 1 aliphatic rings. The van der Waals surface area contributed by atoms with Gasteiger partial charge in [-0.05, 0) is 80.3 Å². The number of carbonyl (C=O) groups is 1. The predicted molar refractivity (Wildman–Crippen MR) is 151 cm³/mol. The molecule has 3 N–H and O–H groups in total. The first-order chi connectivity index (χ1) is 18.3. The normalized spacial score (nSPS) is 18.3. The Labute approximate surface area is 228 Å². The smallest absolute Gasteiger partial charge is 0.317 e. The van der Waals surface area contributed by atoms with E-state index in [0.717, 1.165) is 55.3 Å². The Morgan fingerprint density at radius 3 is 2.61 bits per heavy atom. The number of carbonyl (C=O) groups excluding carboxylic acids is 1. The van der Waals surface area contributed by atoms with Crippen LogP contribution in [0.1, 0.15) is 57.9 Å². The fourth-order valence-corrected chi connectivity index (χ4v) is 5.77. The van der Waals surface area contributed by atoms with Crippen LogP contribution >= 0.6 is 0 Å². The van der Waals surface area contributed by atoms with Crippen molar-refractivity contribution in [1.82, 2.24) is 15.5 Å². The van der Waals surface area contributed by atoms with Gasteiger partial charge in [-0.1, -0.05) is 50.2 Å². The summed E-state index contributed by atoms with van der Waals surface area (Å²) in [6.07, 6.45) is 4.76. The summed E-state index contributed by atoms with van der Waals surface area (Å²) in [5.41, 5.74) is 1.46. The van der Waals surface area contributed by atoms with Gasteiger partial charge in [0, 0.05) is 45.3 Å². The van der Waals surface area contributed by atoms with Crippen molar-refractivity contribution in [3.8, 4) is 11.1 Å². The van der Waals surface area contributed by atoms with Gasteiger partial charge in [0.1, 0.15) is 5.82 Å². The number of likely N-dealkylation sites (tertiary alicyclic amines) is 1. The molecule has 0 bridgehead atoms. The van der Waals surface area contributed by atoms with E-state index in [9.17, 15) is 14.3 Å². The number of ether oxygens (including phenoxy) is 1. The van der Waals surface area contributed by atoms with E-state index in [1.807, 2.05) is 36.2 Å². The maximum absolute atomic E-state index is 13.7. The van der Waals surface area contributed by atoms with Crippen molar-refractivity contribution in [1.29, 1.82) is 0 Å². The number of amides is 2. The van der Waals surface area contributed by atoms with Crippen LogP contribution in [0.4, 0.5) is 9.18 Å². The van der Waals surface area contributed by atoms with Gasteiger partial charge in [-0.25, -0.2) is 9.18 Å². The molecule has 0 spiro atoms. The zero-order chi connectivity index (χ0) is 27.5. The van der Waals surface area contributed by atoms with Crippen LogP contribution in [0.2, 0.25) is 0 Å². The van der Waals surface area contributed by atoms with Gasteiger partial charge in [0.05, 0.1) is 5.60 Å². The van der Waals surface area contributed by atoms with Crippen molar-refractivity contribution in [2.24, 2.45) is 11.8 Å². The first-order valence-electron chi connectivity index (χ1n) is 14.0. The minimum atomic E-state index is -1.14. The maximum atomic E-state index is 13.7. The van der Waals surface area contributed by atoms with Crippen molar-refractivity contribution < 1.29 is 19.0 Å². The van der Waals surface area contributed by atoms with Gasteiger partial charge in [0.2, 0.25) is 0 Å². The molecule has 0 radical (unpaired) electrons. The molecule has 6 nitrogen and oxygen atoms in total. The van der Waals surface area contributed by atoms with Crippen LogP contribution in [0.5, 0.6) is 0 Å². The molecule has 0 aromatic heterocycles. The van der Waals surface area contributed by atoms with Crippen molar-refractivity contribution >= 4 is 6.03 Å². The number of piperidine rings is 1. The second-order valence-electron chi connectivity index (χ2n) is 11.0. The third-order valence-corrected chi connectivity index (χ3v) is 7.62. The van der Waals surface area contributed by atoms with E-state index >= 15 is 0 Å². The van der Waals surface area contributed by atoms with Crippen molar-refractivity contribution in [2.75, 3.05) is 40.4 Å². The quantitative estimate of drug-likeness (QED) is 0.299.